The number of hydrogen-bond acceptors (Lipinski definition) is 7. The molecule has 0 aliphatic carbocycles. The predicted molar refractivity (Wildman–Crippen MR) is 140 cm³/mol. The van der Waals surface area contributed by atoms with Crippen molar-refractivity contribution in [1.82, 2.24) is 30.2 Å². The Labute approximate surface area is 214 Å². The van der Waals surface area contributed by atoms with Gasteiger partial charge in [0.1, 0.15) is 23.0 Å². The molecule has 2 atom stereocenters. The van der Waals surface area contributed by atoms with Gasteiger partial charge in [0.2, 0.25) is 0 Å². The lowest BCUT2D eigenvalue weighted by atomic mass is 9.96. The van der Waals surface area contributed by atoms with Crippen LogP contribution in [0.15, 0.2) is 85.3 Å². The summed E-state index contributed by atoms with van der Waals surface area (Å²) >= 11 is 0. The van der Waals surface area contributed by atoms with Crippen molar-refractivity contribution in [2.45, 2.75) is 24.5 Å². The van der Waals surface area contributed by atoms with E-state index in [1.807, 2.05) is 59.3 Å². The fourth-order valence-corrected chi connectivity index (χ4v) is 5.28. The van der Waals surface area contributed by atoms with Crippen LogP contribution in [0, 0.1) is 5.82 Å². The first-order valence-electron chi connectivity index (χ1n) is 12.5. The normalized spacial score (nSPS) is 21.3. The molecule has 0 bridgehead atoms. The van der Waals surface area contributed by atoms with Gasteiger partial charge in [-0.3, -0.25) is 10.3 Å². The van der Waals surface area contributed by atoms with E-state index in [9.17, 15) is 9.50 Å². The molecule has 1 saturated heterocycles. The minimum Gasteiger partial charge on any atom is -0.395 e. The lowest BCUT2D eigenvalue weighted by Gasteiger charge is -2.37. The summed E-state index contributed by atoms with van der Waals surface area (Å²) in [7, 11) is 0. The molecule has 4 aromatic rings. The van der Waals surface area contributed by atoms with E-state index in [4.69, 9.17) is 5.10 Å². The van der Waals surface area contributed by atoms with Crippen LogP contribution in [0.25, 0.3) is 11.3 Å². The van der Waals surface area contributed by atoms with E-state index in [1.54, 1.807) is 24.5 Å². The maximum absolute atomic E-state index is 14.0. The van der Waals surface area contributed by atoms with Gasteiger partial charge in [-0.25, -0.2) is 13.9 Å². The number of pyridine rings is 1. The summed E-state index contributed by atoms with van der Waals surface area (Å²) in [5.74, 6) is 0.602. The van der Waals surface area contributed by atoms with Crippen LogP contribution in [0.2, 0.25) is 0 Å². The largest absolute Gasteiger partial charge is 0.395 e. The van der Waals surface area contributed by atoms with Crippen molar-refractivity contribution < 1.29 is 9.50 Å². The number of halogens is 1. The molecule has 6 rings (SSSR count). The number of rotatable bonds is 7. The summed E-state index contributed by atoms with van der Waals surface area (Å²) in [6.07, 6.45) is 13.3. The average Bonchev–Trinajstić information content (AvgIpc) is 3.60. The summed E-state index contributed by atoms with van der Waals surface area (Å²) in [5.41, 5.74) is 3.58. The van der Waals surface area contributed by atoms with Crippen molar-refractivity contribution in [3.05, 3.63) is 108 Å². The van der Waals surface area contributed by atoms with E-state index in [-0.39, 0.29) is 18.5 Å². The third-order valence-corrected chi connectivity index (χ3v) is 7.00. The first-order chi connectivity index (χ1) is 18.2. The van der Waals surface area contributed by atoms with Gasteiger partial charge < -0.3 is 15.3 Å². The molecule has 2 aliphatic heterocycles. The molecule has 1 aromatic carbocycles. The van der Waals surface area contributed by atoms with Crippen molar-refractivity contribution in [3.8, 4) is 0 Å². The second kappa shape index (κ2) is 9.76. The molecule has 2 unspecified atom stereocenters. The van der Waals surface area contributed by atoms with Crippen LogP contribution < -0.4 is 15.5 Å². The van der Waals surface area contributed by atoms with Crippen LogP contribution in [0.4, 0.5) is 10.2 Å². The summed E-state index contributed by atoms with van der Waals surface area (Å²) < 4.78 is 15.8. The topological polar surface area (TPSA) is 90.6 Å². The molecule has 0 amide bonds. The number of nitrogens with zero attached hydrogens (tertiary/aromatic N) is 5. The molecular formula is C28H28FN7O. The van der Waals surface area contributed by atoms with E-state index < -0.39 is 5.66 Å². The number of hydrogen-bond donors (Lipinski definition) is 3. The minimum atomic E-state index is -0.727. The number of fused-ring (bicyclic) bond motifs is 1. The third kappa shape index (κ3) is 4.36. The van der Waals surface area contributed by atoms with Gasteiger partial charge in [0.05, 0.1) is 24.5 Å². The molecule has 37 heavy (non-hydrogen) atoms. The highest BCUT2D eigenvalue weighted by atomic mass is 19.1. The van der Waals surface area contributed by atoms with Crippen LogP contribution in [0.5, 0.6) is 0 Å². The summed E-state index contributed by atoms with van der Waals surface area (Å²) in [5, 5.41) is 21.5. The van der Waals surface area contributed by atoms with Crippen molar-refractivity contribution >= 4 is 17.2 Å². The molecule has 3 N–H and O–H groups in total. The number of dihydropyridines is 1. The highest BCUT2D eigenvalue weighted by Gasteiger charge is 2.33. The first kappa shape index (κ1) is 23.3. The van der Waals surface area contributed by atoms with Gasteiger partial charge >= 0.3 is 0 Å². The number of aliphatic hydroxyl groups excluding tert-OH is 1. The van der Waals surface area contributed by atoms with E-state index in [0.717, 1.165) is 53.4 Å². The maximum atomic E-state index is 14.0. The Hall–Kier alpha value is -4.08. The SMILES string of the molecule is OCCNC1(c2ccncc2)C=CC=C(c2cnc3ccc(N4CCCC4c4cccc(F)c4)nn23)N1. The van der Waals surface area contributed by atoms with Crippen LogP contribution in [-0.4, -0.2) is 44.4 Å². The van der Waals surface area contributed by atoms with E-state index in [1.165, 1.54) is 6.07 Å². The molecule has 0 saturated carbocycles. The molecule has 5 heterocycles. The number of aliphatic hydroxyl groups is 1. The number of anilines is 1. The monoisotopic (exact) mass is 497 g/mol. The number of nitrogens with one attached hydrogen (secondary N) is 2. The molecule has 188 valence electrons. The summed E-state index contributed by atoms with van der Waals surface area (Å²) in [6, 6.07) is 14.7. The Morgan fingerprint density at radius 1 is 1.16 bits per heavy atom. The van der Waals surface area contributed by atoms with Crippen molar-refractivity contribution in [2.75, 3.05) is 24.6 Å². The Balaban J connectivity index is 1.35. The molecule has 3 aromatic heterocycles. The van der Waals surface area contributed by atoms with Crippen LogP contribution >= 0.6 is 0 Å². The van der Waals surface area contributed by atoms with Crippen LogP contribution in [0.1, 0.15) is 35.7 Å². The molecule has 8 nitrogen and oxygen atoms in total. The Morgan fingerprint density at radius 3 is 2.89 bits per heavy atom. The third-order valence-electron chi connectivity index (χ3n) is 7.00. The molecule has 0 radical (unpaired) electrons. The zero-order chi connectivity index (χ0) is 25.2. The zero-order valence-corrected chi connectivity index (χ0v) is 20.3. The molecule has 9 heteroatoms. The second-order valence-electron chi connectivity index (χ2n) is 9.27. The second-order valence-corrected chi connectivity index (χ2v) is 9.27. The predicted octanol–water partition coefficient (Wildman–Crippen LogP) is 3.54. The standard InChI is InChI=1S/C28H28FN7O/c29-22-5-1-4-20(18-22)24-7-3-16-35(24)27-9-8-26-31-19-25(36(26)34-27)23-6-2-12-28(33-23,32-15-17-37)21-10-13-30-14-11-21/h1-2,4-6,8-14,18-19,24,32-33,37H,3,7,15-17H2. The van der Waals surface area contributed by atoms with E-state index in [2.05, 4.69) is 25.5 Å². The van der Waals surface area contributed by atoms with Gasteiger partial charge in [0, 0.05) is 25.5 Å². The van der Waals surface area contributed by atoms with Gasteiger partial charge in [-0.1, -0.05) is 18.2 Å². The zero-order valence-electron chi connectivity index (χ0n) is 20.3. The first-order valence-corrected chi connectivity index (χ1v) is 12.5. The Morgan fingerprint density at radius 2 is 2.05 bits per heavy atom. The lowest BCUT2D eigenvalue weighted by molar-refractivity contribution is 0.262. The Bertz CT molecular complexity index is 1470. The van der Waals surface area contributed by atoms with Crippen LogP contribution in [0.3, 0.4) is 0 Å². The summed E-state index contributed by atoms with van der Waals surface area (Å²) in [4.78, 5) is 11.0. The lowest BCUT2D eigenvalue weighted by Crippen LogP contribution is -2.53. The van der Waals surface area contributed by atoms with Gasteiger partial charge in [-0.2, -0.15) is 0 Å². The van der Waals surface area contributed by atoms with Gasteiger partial charge in [-0.05, 0) is 72.5 Å². The van der Waals surface area contributed by atoms with Crippen molar-refractivity contribution in [1.29, 1.82) is 0 Å². The smallest absolute Gasteiger partial charge is 0.154 e. The number of aromatic nitrogens is 4. The molecule has 2 aliphatic rings. The van der Waals surface area contributed by atoms with Crippen molar-refractivity contribution in [3.63, 3.8) is 0 Å². The maximum Gasteiger partial charge on any atom is 0.154 e. The fraction of sp³-hybridized carbons (Fsp3) is 0.250. The van der Waals surface area contributed by atoms with E-state index >= 15 is 0 Å². The minimum absolute atomic E-state index is 0.00421. The number of benzene rings is 1. The highest BCUT2D eigenvalue weighted by Crippen LogP contribution is 2.36. The summed E-state index contributed by atoms with van der Waals surface area (Å²) in [6.45, 7) is 1.26. The van der Waals surface area contributed by atoms with Gasteiger partial charge in [0.25, 0.3) is 0 Å². The number of allylic oxidation sites excluding steroid dienone is 2. The molecule has 0 spiro atoms. The quantitative estimate of drug-likeness (QED) is 0.360. The Kier molecular flexibility index (Phi) is 6.15. The highest BCUT2D eigenvalue weighted by molar-refractivity contribution is 5.68. The van der Waals surface area contributed by atoms with Crippen molar-refractivity contribution in [2.24, 2.45) is 0 Å². The average molecular weight is 498 g/mol. The number of imidazole rings is 1. The fourth-order valence-electron chi connectivity index (χ4n) is 5.28. The molecular weight excluding hydrogens is 469 g/mol. The van der Waals surface area contributed by atoms with Gasteiger partial charge in [0.15, 0.2) is 5.65 Å². The van der Waals surface area contributed by atoms with E-state index in [0.29, 0.717) is 6.54 Å². The molecule has 1 fully saturated rings. The van der Waals surface area contributed by atoms with Gasteiger partial charge in [-0.15, -0.1) is 5.10 Å². The van der Waals surface area contributed by atoms with Crippen LogP contribution in [-0.2, 0) is 5.66 Å².